The Kier molecular flexibility index (Phi) is 4.90. The molecule has 0 aliphatic carbocycles. The van der Waals surface area contributed by atoms with Crippen LogP contribution in [0.1, 0.15) is 24.9 Å². The Bertz CT molecular complexity index is 307. The molecule has 0 fully saturated rings. The smallest absolute Gasteiger partial charge is 0.306 e. The molecular formula is C11H17NO3. The van der Waals surface area contributed by atoms with Gasteiger partial charge in [0.15, 0.2) is 0 Å². The minimum Gasteiger partial charge on any atom is -0.469 e. The van der Waals surface area contributed by atoms with Crippen molar-refractivity contribution in [1.82, 2.24) is 5.32 Å². The summed E-state index contributed by atoms with van der Waals surface area (Å²) in [7, 11) is 1.39. The molecule has 15 heavy (non-hydrogen) atoms. The van der Waals surface area contributed by atoms with Gasteiger partial charge in [0.05, 0.1) is 20.1 Å². The second-order valence-corrected chi connectivity index (χ2v) is 3.22. The Morgan fingerprint density at radius 3 is 2.80 bits per heavy atom. The molecule has 0 aliphatic rings. The Morgan fingerprint density at radius 1 is 1.47 bits per heavy atom. The summed E-state index contributed by atoms with van der Waals surface area (Å²) in [5, 5.41) is 3.11. The van der Waals surface area contributed by atoms with Crippen molar-refractivity contribution in [2.45, 2.75) is 26.3 Å². The molecule has 0 atom stereocenters. The van der Waals surface area contributed by atoms with Gasteiger partial charge in [-0.2, -0.15) is 0 Å². The quantitative estimate of drug-likeness (QED) is 0.572. The highest BCUT2D eigenvalue weighted by atomic mass is 16.5. The van der Waals surface area contributed by atoms with Crippen molar-refractivity contribution in [1.29, 1.82) is 0 Å². The second kappa shape index (κ2) is 6.24. The van der Waals surface area contributed by atoms with Gasteiger partial charge in [0.2, 0.25) is 0 Å². The van der Waals surface area contributed by atoms with E-state index < -0.39 is 0 Å². The number of furan rings is 1. The van der Waals surface area contributed by atoms with Gasteiger partial charge in [-0.1, -0.05) is 6.92 Å². The van der Waals surface area contributed by atoms with E-state index in [4.69, 9.17) is 4.42 Å². The number of methoxy groups -OCH3 is 1. The number of nitrogens with one attached hydrogen (secondary N) is 1. The van der Waals surface area contributed by atoms with Crippen LogP contribution in [-0.2, 0) is 22.5 Å². The number of aryl methyl sites for hydroxylation is 1. The molecule has 0 radical (unpaired) electrons. The van der Waals surface area contributed by atoms with E-state index in [0.29, 0.717) is 19.5 Å². The second-order valence-electron chi connectivity index (χ2n) is 3.22. The molecule has 4 heteroatoms. The van der Waals surface area contributed by atoms with Crippen LogP contribution in [0.25, 0.3) is 0 Å². The lowest BCUT2D eigenvalue weighted by Gasteiger charge is -2.01. The van der Waals surface area contributed by atoms with Crippen molar-refractivity contribution in [3.8, 4) is 0 Å². The SMILES string of the molecule is CCc1ccc(CNCCC(=O)OC)o1. The molecule has 1 rings (SSSR count). The molecule has 0 aliphatic heterocycles. The molecule has 84 valence electrons. The average Bonchev–Trinajstić information content (AvgIpc) is 2.72. The van der Waals surface area contributed by atoms with E-state index in [1.54, 1.807) is 0 Å². The van der Waals surface area contributed by atoms with E-state index in [2.05, 4.69) is 10.1 Å². The van der Waals surface area contributed by atoms with Crippen molar-refractivity contribution < 1.29 is 13.9 Å². The minimum absolute atomic E-state index is 0.198. The summed E-state index contributed by atoms with van der Waals surface area (Å²) in [4.78, 5) is 10.8. The first-order chi connectivity index (χ1) is 7.26. The number of carbonyl (C=O) groups is 1. The van der Waals surface area contributed by atoms with Crippen LogP contribution in [0.2, 0.25) is 0 Å². The number of hydrogen-bond acceptors (Lipinski definition) is 4. The minimum atomic E-state index is -0.198. The van der Waals surface area contributed by atoms with E-state index in [1.807, 2.05) is 19.1 Å². The number of rotatable bonds is 6. The molecule has 0 saturated heterocycles. The first-order valence-electron chi connectivity index (χ1n) is 5.11. The molecule has 0 unspecified atom stereocenters. The normalized spacial score (nSPS) is 10.3. The van der Waals surface area contributed by atoms with Gasteiger partial charge >= 0.3 is 5.97 Å². The molecule has 1 aromatic rings. The molecule has 4 nitrogen and oxygen atoms in total. The van der Waals surface area contributed by atoms with E-state index in [0.717, 1.165) is 17.9 Å². The van der Waals surface area contributed by atoms with Crippen LogP contribution < -0.4 is 5.32 Å². The van der Waals surface area contributed by atoms with Crippen LogP contribution >= 0.6 is 0 Å². The fraction of sp³-hybridized carbons (Fsp3) is 0.545. The lowest BCUT2D eigenvalue weighted by atomic mass is 10.3. The van der Waals surface area contributed by atoms with Gasteiger partial charge in [0.1, 0.15) is 11.5 Å². The predicted octanol–water partition coefficient (Wildman–Crippen LogP) is 1.49. The van der Waals surface area contributed by atoms with Crippen LogP contribution in [-0.4, -0.2) is 19.6 Å². The highest BCUT2D eigenvalue weighted by molar-refractivity contribution is 5.69. The predicted molar refractivity (Wildman–Crippen MR) is 56.4 cm³/mol. The van der Waals surface area contributed by atoms with Gasteiger partial charge in [0.25, 0.3) is 0 Å². The zero-order chi connectivity index (χ0) is 11.1. The summed E-state index contributed by atoms with van der Waals surface area (Å²) in [6.07, 6.45) is 1.29. The van der Waals surface area contributed by atoms with E-state index in [1.165, 1.54) is 7.11 Å². The van der Waals surface area contributed by atoms with E-state index >= 15 is 0 Å². The van der Waals surface area contributed by atoms with Crippen molar-refractivity contribution in [3.05, 3.63) is 23.7 Å². The lowest BCUT2D eigenvalue weighted by Crippen LogP contribution is -2.18. The van der Waals surface area contributed by atoms with Crippen molar-refractivity contribution in [2.75, 3.05) is 13.7 Å². The largest absolute Gasteiger partial charge is 0.469 e. The van der Waals surface area contributed by atoms with Gasteiger partial charge in [-0.15, -0.1) is 0 Å². The maximum Gasteiger partial charge on any atom is 0.306 e. The monoisotopic (exact) mass is 211 g/mol. The summed E-state index contributed by atoms with van der Waals surface area (Å²) in [6, 6.07) is 3.92. The van der Waals surface area contributed by atoms with Crippen molar-refractivity contribution in [3.63, 3.8) is 0 Å². The van der Waals surface area contributed by atoms with Gasteiger partial charge in [-0.3, -0.25) is 4.79 Å². The third-order valence-electron chi connectivity index (χ3n) is 2.10. The first kappa shape index (κ1) is 11.8. The molecule has 0 saturated carbocycles. The summed E-state index contributed by atoms with van der Waals surface area (Å²) < 4.78 is 10.0. The number of hydrogen-bond donors (Lipinski definition) is 1. The Hall–Kier alpha value is -1.29. The van der Waals surface area contributed by atoms with Gasteiger partial charge in [-0.05, 0) is 12.1 Å². The summed E-state index contributed by atoms with van der Waals surface area (Å²) in [5.41, 5.74) is 0. The summed E-state index contributed by atoms with van der Waals surface area (Å²) in [5.74, 6) is 1.69. The van der Waals surface area contributed by atoms with Crippen LogP contribution in [0, 0.1) is 0 Å². The van der Waals surface area contributed by atoms with Crippen LogP contribution in [0.3, 0.4) is 0 Å². The van der Waals surface area contributed by atoms with Crippen molar-refractivity contribution >= 4 is 5.97 Å². The van der Waals surface area contributed by atoms with Gasteiger partial charge in [0, 0.05) is 13.0 Å². The Morgan fingerprint density at radius 2 is 2.20 bits per heavy atom. The lowest BCUT2D eigenvalue weighted by molar-refractivity contribution is -0.140. The number of esters is 1. The molecule has 1 heterocycles. The van der Waals surface area contributed by atoms with Crippen molar-refractivity contribution in [2.24, 2.45) is 0 Å². The third-order valence-corrected chi connectivity index (χ3v) is 2.10. The molecule has 1 aromatic heterocycles. The maximum absolute atomic E-state index is 10.8. The van der Waals surface area contributed by atoms with Gasteiger partial charge < -0.3 is 14.5 Å². The maximum atomic E-state index is 10.8. The standard InChI is InChI=1S/C11H17NO3/c1-3-9-4-5-10(15-9)8-12-7-6-11(13)14-2/h4-5,12H,3,6-8H2,1-2H3. The summed E-state index contributed by atoms with van der Waals surface area (Å²) in [6.45, 7) is 3.30. The third kappa shape index (κ3) is 4.16. The van der Waals surface area contributed by atoms with Crippen LogP contribution in [0.4, 0.5) is 0 Å². The zero-order valence-electron chi connectivity index (χ0n) is 9.21. The number of ether oxygens (including phenoxy) is 1. The fourth-order valence-electron chi connectivity index (χ4n) is 1.21. The van der Waals surface area contributed by atoms with Gasteiger partial charge in [-0.25, -0.2) is 0 Å². The molecule has 0 aromatic carbocycles. The Labute approximate surface area is 89.6 Å². The highest BCUT2D eigenvalue weighted by Gasteiger charge is 2.01. The number of carbonyl (C=O) groups excluding carboxylic acids is 1. The molecule has 0 spiro atoms. The van der Waals surface area contributed by atoms with E-state index in [9.17, 15) is 4.79 Å². The molecular weight excluding hydrogens is 194 g/mol. The molecule has 0 amide bonds. The molecule has 0 bridgehead atoms. The van der Waals surface area contributed by atoms with Crippen LogP contribution in [0.5, 0.6) is 0 Å². The fourth-order valence-corrected chi connectivity index (χ4v) is 1.21. The first-order valence-corrected chi connectivity index (χ1v) is 5.11. The zero-order valence-corrected chi connectivity index (χ0v) is 9.21. The summed E-state index contributed by atoms with van der Waals surface area (Å²) >= 11 is 0. The Balaban J connectivity index is 2.17. The topological polar surface area (TPSA) is 51.5 Å². The molecule has 1 N–H and O–H groups in total. The highest BCUT2D eigenvalue weighted by Crippen LogP contribution is 2.07. The van der Waals surface area contributed by atoms with Crippen LogP contribution in [0.15, 0.2) is 16.5 Å². The van der Waals surface area contributed by atoms with E-state index in [-0.39, 0.29) is 5.97 Å². The average molecular weight is 211 g/mol.